The van der Waals surface area contributed by atoms with Crippen LogP contribution in [0.2, 0.25) is 0 Å². The molecule has 1 N–H and O–H groups in total. The number of carbonyl (C=O) groups is 2. The maximum Gasteiger partial charge on any atom is 0.342 e. The monoisotopic (exact) mass is 403 g/mol. The van der Waals surface area contributed by atoms with E-state index in [0.29, 0.717) is 13.1 Å². The minimum Gasteiger partial charge on any atom is -0.507 e. The number of aromatic hydroxyl groups is 1. The van der Waals surface area contributed by atoms with Gasteiger partial charge in [0.05, 0.1) is 4.90 Å². The van der Waals surface area contributed by atoms with Crippen LogP contribution >= 0.6 is 0 Å². The molecule has 1 aliphatic heterocycles. The van der Waals surface area contributed by atoms with Crippen molar-refractivity contribution in [2.45, 2.75) is 24.7 Å². The third-order valence-electron chi connectivity index (χ3n) is 4.59. The fourth-order valence-electron chi connectivity index (χ4n) is 3.00. The highest BCUT2D eigenvalue weighted by Crippen LogP contribution is 2.22. The average molecular weight is 403 g/mol. The van der Waals surface area contributed by atoms with Crippen molar-refractivity contribution in [3.05, 3.63) is 59.2 Å². The molecule has 0 amide bonds. The summed E-state index contributed by atoms with van der Waals surface area (Å²) < 4.78 is 31.4. The van der Waals surface area contributed by atoms with Crippen molar-refractivity contribution < 1.29 is 27.9 Å². The third kappa shape index (κ3) is 4.23. The summed E-state index contributed by atoms with van der Waals surface area (Å²) in [6.07, 6.45) is 1.69. The van der Waals surface area contributed by atoms with Crippen molar-refractivity contribution in [3.8, 4) is 5.75 Å². The number of ketones is 1. The van der Waals surface area contributed by atoms with E-state index in [2.05, 4.69) is 0 Å². The van der Waals surface area contributed by atoms with Crippen LogP contribution in [0.15, 0.2) is 47.4 Å². The van der Waals surface area contributed by atoms with Gasteiger partial charge in [0, 0.05) is 18.7 Å². The van der Waals surface area contributed by atoms with Crippen molar-refractivity contribution >= 4 is 21.8 Å². The van der Waals surface area contributed by atoms with Gasteiger partial charge in [-0.2, -0.15) is 4.31 Å². The Labute approximate surface area is 163 Å². The SMILES string of the molecule is Cc1ccc(C(=O)OCC(=O)c2ccc(S(=O)(=O)N3CCCC3)cc2)c(O)c1. The number of phenols is 1. The number of Topliss-reactive ketones (excluding diaryl/α,β-unsaturated/α-hetero) is 1. The van der Waals surface area contributed by atoms with Crippen LogP contribution < -0.4 is 0 Å². The van der Waals surface area contributed by atoms with Crippen molar-refractivity contribution in [2.24, 2.45) is 0 Å². The third-order valence-corrected chi connectivity index (χ3v) is 6.50. The Bertz CT molecular complexity index is 992. The highest BCUT2D eigenvalue weighted by molar-refractivity contribution is 7.89. The molecule has 0 bridgehead atoms. The summed E-state index contributed by atoms with van der Waals surface area (Å²) in [7, 11) is -3.54. The number of nitrogens with zero attached hydrogens (tertiary/aromatic N) is 1. The van der Waals surface area contributed by atoms with Crippen LogP contribution in [0.1, 0.15) is 39.1 Å². The first-order valence-electron chi connectivity index (χ1n) is 8.89. The van der Waals surface area contributed by atoms with Crippen LogP contribution in [-0.2, 0) is 14.8 Å². The summed E-state index contributed by atoms with van der Waals surface area (Å²) >= 11 is 0. The number of ether oxygens (including phenoxy) is 1. The van der Waals surface area contributed by atoms with Gasteiger partial charge < -0.3 is 9.84 Å². The largest absolute Gasteiger partial charge is 0.507 e. The Balaban J connectivity index is 1.64. The Morgan fingerprint density at radius 1 is 1.07 bits per heavy atom. The first-order valence-corrected chi connectivity index (χ1v) is 10.3. The van der Waals surface area contributed by atoms with E-state index in [9.17, 15) is 23.1 Å². The van der Waals surface area contributed by atoms with Crippen LogP contribution in [-0.4, -0.2) is 49.3 Å². The lowest BCUT2D eigenvalue weighted by Crippen LogP contribution is -2.27. The second kappa shape index (κ2) is 8.12. The average Bonchev–Trinajstić information content (AvgIpc) is 3.21. The second-order valence-electron chi connectivity index (χ2n) is 6.66. The lowest BCUT2D eigenvalue weighted by Gasteiger charge is -2.15. The van der Waals surface area contributed by atoms with Crippen molar-refractivity contribution in [1.29, 1.82) is 0 Å². The Hall–Kier alpha value is -2.71. The molecular formula is C20H21NO6S. The number of esters is 1. The second-order valence-corrected chi connectivity index (χ2v) is 8.59. The predicted molar refractivity (Wildman–Crippen MR) is 102 cm³/mol. The van der Waals surface area contributed by atoms with Crippen LogP contribution in [0.4, 0.5) is 0 Å². The van der Waals surface area contributed by atoms with Crippen LogP contribution in [0, 0.1) is 6.92 Å². The number of aryl methyl sites for hydroxylation is 1. The highest BCUT2D eigenvalue weighted by Gasteiger charge is 2.27. The summed E-state index contributed by atoms with van der Waals surface area (Å²) in [4.78, 5) is 24.4. The van der Waals surface area contributed by atoms with Crippen LogP contribution in [0.5, 0.6) is 5.75 Å². The van der Waals surface area contributed by atoms with E-state index in [1.54, 1.807) is 13.0 Å². The zero-order chi connectivity index (χ0) is 20.3. The lowest BCUT2D eigenvalue weighted by atomic mass is 10.1. The normalized spacial score (nSPS) is 14.8. The molecule has 8 heteroatoms. The molecule has 0 spiro atoms. The van der Waals surface area contributed by atoms with Gasteiger partial charge in [0.2, 0.25) is 10.0 Å². The zero-order valence-electron chi connectivity index (χ0n) is 15.4. The summed E-state index contributed by atoms with van der Waals surface area (Å²) in [5.41, 5.74) is 1.00. The number of hydrogen-bond acceptors (Lipinski definition) is 6. The minimum absolute atomic E-state index is 0.0227. The molecular weight excluding hydrogens is 382 g/mol. The van der Waals surface area contributed by atoms with Crippen molar-refractivity contribution in [3.63, 3.8) is 0 Å². The molecule has 0 saturated carbocycles. The zero-order valence-corrected chi connectivity index (χ0v) is 16.2. The van der Waals surface area contributed by atoms with E-state index >= 15 is 0 Å². The molecule has 1 aliphatic rings. The molecule has 28 heavy (non-hydrogen) atoms. The molecule has 148 valence electrons. The van der Waals surface area contributed by atoms with Gasteiger partial charge >= 0.3 is 5.97 Å². The predicted octanol–water partition coefficient (Wildman–Crippen LogP) is 2.52. The molecule has 1 saturated heterocycles. The standard InChI is InChI=1S/C20H21NO6S/c1-14-4-9-17(18(22)12-14)20(24)27-13-19(23)15-5-7-16(8-6-15)28(25,26)21-10-2-3-11-21/h4-9,12,22H,2-3,10-11,13H2,1H3. The summed E-state index contributed by atoms with van der Waals surface area (Å²) in [6, 6.07) is 10.1. The van der Waals surface area contributed by atoms with Gasteiger partial charge in [-0.1, -0.05) is 6.07 Å². The molecule has 2 aromatic rings. The van der Waals surface area contributed by atoms with Crippen LogP contribution in [0.3, 0.4) is 0 Å². The molecule has 0 radical (unpaired) electrons. The maximum absolute atomic E-state index is 12.5. The Kier molecular flexibility index (Phi) is 5.81. The van der Waals surface area contributed by atoms with Crippen LogP contribution in [0.25, 0.3) is 0 Å². The number of phenolic OH excluding ortho intramolecular Hbond substituents is 1. The number of rotatable bonds is 6. The van der Waals surface area contributed by atoms with Gasteiger partial charge in [0.15, 0.2) is 12.4 Å². The van der Waals surface area contributed by atoms with Gasteiger partial charge in [-0.05, 0) is 61.7 Å². The lowest BCUT2D eigenvalue weighted by molar-refractivity contribution is 0.0472. The molecule has 2 aromatic carbocycles. The Morgan fingerprint density at radius 3 is 2.32 bits per heavy atom. The fraction of sp³-hybridized carbons (Fsp3) is 0.300. The summed E-state index contributed by atoms with van der Waals surface area (Å²) in [5.74, 6) is -1.49. The minimum atomic E-state index is -3.54. The first-order chi connectivity index (χ1) is 13.3. The molecule has 0 aromatic heterocycles. The van der Waals surface area contributed by atoms with Gasteiger partial charge in [-0.25, -0.2) is 13.2 Å². The number of hydrogen-bond donors (Lipinski definition) is 1. The first kappa shape index (κ1) is 20.0. The van der Waals surface area contributed by atoms with E-state index in [4.69, 9.17) is 4.74 Å². The van der Waals surface area contributed by atoms with Gasteiger partial charge in [-0.3, -0.25) is 4.79 Å². The van der Waals surface area contributed by atoms with Gasteiger partial charge in [0.1, 0.15) is 11.3 Å². The fourth-order valence-corrected chi connectivity index (χ4v) is 4.51. The topological polar surface area (TPSA) is 101 Å². The van der Waals surface area contributed by atoms with Gasteiger partial charge in [0.25, 0.3) is 0 Å². The molecule has 0 aliphatic carbocycles. The van der Waals surface area contributed by atoms with E-state index in [-0.39, 0.29) is 21.8 Å². The number of benzene rings is 2. The van der Waals surface area contributed by atoms with Crippen molar-refractivity contribution in [1.82, 2.24) is 4.31 Å². The number of carbonyl (C=O) groups excluding carboxylic acids is 2. The number of sulfonamides is 1. The molecule has 0 atom stereocenters. The maximum atomic E-state index is 12.5. The molecule has 1 heterocycles. The molecule has 3 rings (SSSR count). The summed E-state index contributed by atoms with van der Waals surface area (Å²) in [5, 5.41) is 9.79. The molecule has 7 nitrogen and oxygen atoms in total. The molecule has 0 unspecified atom stereocenters. The van der Waals surface area contributed by atoms with E-state index in [1.165, 1.54) is 40.7 Å². The quantitative estimate of drug-likeness (QED) is 0.588. The highest BCUT2D eigenvalue weighted by atomic mass is 32.2. The summed E-state index contributed by atoms with van der Waals surface area (Å²) in [6.45, 7) is 2.27. The Morgan fingerprint density at radius 2 is 1.71 bits per heavy atom. The smallest absolute Gasteiger partial charge is 0.342 e. The van der Waals surface area contributed by atoms with E-state index < -0.39 is 28.4 Å². The van der Waals surface area contributed by atoms with Crippen molar-refractivity contribution in [2.75, 3.05) is 19.7 Å². The van der Waals surface area contributed by atoms with Gasteiger partial charge in [-0.15, -0.1) is 0 Å². The van der Waals surface area contributed by atoms with E-state index in [0.717, 1.165) is 18.4 Å². The molecule has 1 fully saturated rings. The van der Waals surface area contributed by atoms with E-state index in [1.807, 2.05) is 0 Å².